The van der Waals surface area contributed by atoms with Gasteiger partial charge >= 0.3 is 0 Å². The number of hydrogen-bond acceptors (Lipinski definition) is 3. The van der Waals surface area contributed by atoms with Crippen LogP contribution in [0.15, 0.2) is 58.3 Å². The highest BCUT2D eigenvalue weighted by molar-refractivity contribution is 7.99. The van der Waals surface area contributed by atoms with Gasteiger partial charge in [-0.1, -0.05) is 36.0 Å². The van der Waals surface area contributed by atoms with Crippen LogP contribution in [-0.4, -0.2) is 31.1 Å². The first-order chi connectivity index (χ1) is 11.4. The SMILES string of the molecule is c1ccc2c(c1)Sc1ccccc1N2CCCCN1CCCC1. The Hall–Kier alpha value is -1.45. The molecule has 0 aliphatic carbocycles. The van der Waals surface area contributed by atoms with Crippen molar-refractivity contribution in [2.75, 3.05) is 31.1 Å². The molecule has 0 radical (unpaired) electrons. The Morgan fingerprint density at radius 1 is 0.739 bits per heavy atom. The van der Waals surface area contributed by atoms with Crippen molar-refractivity contribution in [1.82, 2.24) is 4.90 Å². The van der Waals surface area contributed by atoms with Gasteiger partial charge in [0.25, 0.3) is 0 Å². The molecule has 2 aliphatic heterocycles. The average Bonchev–Trinajstić information content (AvgIpc) is 3.11. The van der Waals surface area contributed by atoms with Gasteiger partial charge in [-0.05, 0) is 69.6 Å². The number of anilines is 2. The van der Waals surface area contributed by atoms with E-state index in [-0.39, 0.29) is 0 Å². The maximum atomic E-state index is 2.62. The van der Waals surface area contributed by atoms with Crippen molar-refractivity contribution in [3.05, 3.63) is 48.5 Å². The Labute approximate surface area is 143 Å². The molecule has 2 aromatic rings. The van der Waals surface area contributed by atoms with E-state index in [0.29, 0.717) is 0 Å². The summed E-state index contributed by atoms with van der Waals surface area (Å²) in [5.74, 6) is 0. The second-order valence-electron chi connectivity index (χ2n) is 6.45. The summed E-state index contributed by atoms with van der Waals surface area (Å²) in [6.07, 6.45) is 5.34. The second kappa shape index (κ2) is 6.98. The van der Waals surface area contributed by atoms with E-state index in [2.05, 4.69) is 58.3 Å². The average molecular weight is 324 g/mol. The van der Waals surface area contributed by atoms with Crippen LogP contribution in [0.2, 0.25) is 0 Å². The summed E-state index contributed by atoms with van der Waals surface area (Å²) in [6.45, 7) is 5.01. The van der Waals surface area contributed by atoms with Gasteiger partial charge in [0.2, 0.25) is 0 Å². The van der Waals surface area contributed by atoms with Gasteiger partial charge in [-0.3, -0.25) is 0 Å². The third kappa shape index (κ3) is 3.26. The summed E-state index contributed by atoms with van der Waals surface area (Å²) in [6, 6.07) is 17.6. The predicted molar refractivity (Wildman–Crippen MR) is 98.9 cm³/mol. The van der Waals surface area contributed by atoms with E-state index in [1.807, 2.05) is 11.8 Å². The van der Waals surface area contributed by atoms with E-state index < -0.39 is 0 Å². The van der Waals surface area contributed by atoms with Crippen LogP contribution in [0.5, 0.6) is 0 Å². The van der Waals surface area contributed by atoms with Crippen LogP contribution < -0.4 is 4.90 Å². The largest absolute Gasteiger partial charge is 0.340 e. The molecule has 2 nitrogen and oxygen atoms in total. The van der Waals surface area contributed by atoms with Crippen molar-refractivity contribution in [3.8, 4) is 0 Å². The molecule has 23 heavy (non-hydrogen) atoms. The Balaban J connectivity index is 1.46. The highest BCUT2D eigenvalue weighted by Gasteiger charge is 2.22. The summed E-state index contributed by atoms with van der Waals surface area (Å²) in [7, 11) is 0. The van der Waals surface area contributed by atoms with E-state index in [4.69, 9.17) is 0 Å². The quantitative estimate of drug-likeness (QED) is 0.701. The molecule has 120 valence electrons. The molecular weight excluding hydrogens is 300 g/mol. The molecule has 3 heteroatoms. The van der Waals surface area contributed by atoms with Crippen LogP contribution in [0.4, 0.5) is 11.4 Å². The van der Waals surface area contributed by atoms with Crippen molar-refractivity contribution in [2.45, 2.75) is 35.5 Å². The highest BCUT2D eigenvalue weighted by Crippen LogP contribution is 2.47. The Bertz CT molecular complexity index is 619. The molecule has 0 bridgehead atoms. The number of hydrogen-bond donors (Lipinski definition) is 0. The van der Waals surface area contributed by atoms with Crippen LogP contribution in [0.25, 0.3) is 0 Å². The molecule has 0 atom stereocenters. The third-order valence-electron chi connectivity index (χ3n) is 4.84. The monoisotopic (exact) mass is 324 g/mol. The highest BCUT2D eigenvalue weighted by atomic mass is 32.2. The fourth-order valence-corrected chi connectivity index (χ4v) is 4.73. The molecule has 2 aromatic carbocycles. The fraction of sp³-hybridized carbons (Fsp3) is 0.400. The summed E-state index contributed by atoms with van der Waals surface area (Å²) in [5, 5.41) is 0. The number of fused-ring (bicyclic) bond motifs is 2. The van der Waals surface area contributed by atoms with E-state index in [1.165, 1.54) is 66.5 Å². The van der Waals surface area contributed by atoms with Crippen LogP contribution in [0.1, 0.15) is 25.7 Å². The van der Waals surface area contributed by atoms with Crippen LogP contribution in [-0.2, 0) is 0 Å². The zero-order valence-corrected chi connectivity index (χ0v) is 14.4. The lowest BCUT2D eigenvalue weighted by atomic mass is 10.2. The molecule has 0 saturated carbocycles. The minimum Gasteiger partial charge on any atom is -0.340 e. The van der Waals surface area contributed by atoms with Gasteiger partial charge in [0.15, 0.2) is 0 Å². The second-order valence-corrected chi connectivity index (χ2v) is 7.53. The lowest BCUT2D eigenvalue weighted by Gasteiger charge is -2.33. The van der Waals surface area contributed by atoms with Gasteiger partial charge in [0.05, 0.1) is 11.4 Å². The van der Waals surface area contributed by atoms with Gasteiger partial charge in [0, 0.05) is 16.3 Å². The van der Waals surface area contributed by atoms with E-state index >= 15 is 0 Å². The van der Waals surface area contributed by atoms with E-state index in [9.17, 15) is 0 Å². The molecule has 0 amide bonds. The molecule has 0 spiro atoms. The number of rotatable bonds is 5. The number of para-hydroxylation sites is 2. The van der Waals surface area contributed by atoms with Gasteiger partial charge in [-0.2, -0.15) is 0 Å². The van der Waals surface area contributed by atoms with Gasteiger partial charge < -0.3 is 9.80 Å². The molecule has 2 aliphatic rings. The van der Waals surface area contributed by atoms with Gasteiger partial charge in [0.1, 0.15) is 0 Å². The normalized spacial score (nSPS) is 17.1. The summed E-state index contributed by atoms with van der Waals surface area (Å²) >= 11 is 1.90. The van der Waals surface area contributed by atoms with E-state index in [0.717, 1.165) is 6.54 Å². The van der Waals surface area contributed by atoms with E-state index in [1.54, 1.807) is 0 Å². The molecule has 1 fully saturated rings. The standard InChI is InChI=1S/C20H24N2S/c1-3-11-19-17(9-1)22(18-10-2-4-12-20(18)23-19)16-8-7-15-21-13-5-6-14-21/h1-4,9-12H,5-8,13-16H2. The van der Waals surface area contributed by atoms with Crippen molar-refractivity contribution in [2.24, 2.45) is 0 Å². The molecule has 4 rings (SSSR count). The number of unbranched alkanes of at least 4 members (excludes halogenated alkanes) is 1. The summed E-state index contributed by atoms with van der Waals surface area (Å²) < 4.78 is 0. The number of likely N-dealkylation sites (tertiary alicyclic amines) is 1. The number of nitrogens with zero attached hydrogens (tertiary/aromatic N) is 2. The minimum absolute atomic E-state index is 1.11. The first-order valence-corrected chi connectivity index (χ1v) is 9.59. The Kier molecular flexibility index (Phi) is 4.58. The zero-order valence-electron chi connectivity index (χ0n) is 13.6. The summed E-state index contributed by atoms with van der Waals surface area (Å²) in [4.78, 5) is 7.90. The first kappa shape index (κ1) is 15.1. The smallest absolute Gasteiger partial charge is 0.0552 e. The lowest BCUT2D eigenvalue weighted by molar-refractivity contribution is 0.331. The Morgan fingerprint density at radius 2 is 1.30 bits per heavy atom. The third-order valence-corrected chi connectivity index (χ3v) is 5.97. The maximum absolute atomic E-state index is 2.62. The molecule has 0 N–H and O–H groups in total. The van der Waals surface area contributed by atoms with Gasteiger partial charge in [-0.25, -0.2) is 0 Å². The fourth-order valence-electron chi connectivity index (χ4n) is 3.63. The summed E-state index contributed by atoms with van der Waals surface area (Å²) in [5.41, 5.74) is 2.75. The molecule has 1 saturated heterocycles. The lowest BCUT2D eigenvalue weighted by Crippen LogP contribution is -2.24. The predicted octanol–water partition coefficient (Wildman–Crippen LogP) is 5.17. The van der Waals surface area contributed by atoms with Crippen molar-refractivity contribution in [3.63, 3.8) is 0 Å². The first-order valence-electron chi connectivity index (χ1n) is 8.78. The van der Waals surface area contributed by atoms with Crippen LogP contribution in [0.3, 0.4) is 0 Å². The molecular formula is C20H24N2S. The van der Waals surface area contributed by atoms with Crippen molar-refractivity contribution in [1.29, 1.82) is 0 Å². The molecule has 0 aromatic heterocycles. The molecule has 0 unspecified atom stereocenters. The zero-order chi connectivity index (χ0) is 15.5. The molecule has 2 heterocycles. The van der Waals surface area contributed by atoms with Crippen LogP contribution in [0, 0.1) is 0 Å². The van der Waals surface area contributed by atoms with Crippen molar-refractivity contribution < 1.29 is 0 Å². The van der Waals surface area contributed by atoms with Gasteiger partial charge in [-0.15, -0.1) is 0 Å². The minimum atomic E-state index is 1.11. The van der Waals surface area contributed by atoms with Crippen molar-refractivity contribution >= 4 is 23.1 Å². The number of benzene rings is 2. The van der Waals surface area contributed by atoms with Crippen LogP contribution >= 0.6 is 11.8 Å². The Morgan fingerprint density at radius 3 is 1.96 bits per heavy atom. The maximum Gasteiger partial charge on any atom is 0.0552 e. The topological polar surface area (TPSA) is 6.48 Å².